The lowest BCUT2D eigenvalue weighted by molar-refractivity contribution is -0.144. The van der Waals surface area contributed by atoms with Gasteiger partial charge in [0.1, 0.15) is 0 Å². The Balaban J connectivity index is 0. The summed E-state index contributed by atoms with van der Waals surface area (Å²) in [5, 5.41) is 8.45. The molecule has 7 nitrogen and oxygen atoms in total. The Bertz CT molecular complexity index is 354. The number of unbranched alkanes of at least 4 members (excludes halogenated alkanes) is 3. The van der Waals surface area contributed by atoms with Gasteiger partial charge < -0.3 is 20.7 Å². The van der Waals surface area contributed by atoms with E-state index in [-0.39, 0.29) is 24.5 Å². The molecule has 0 radical (unpaired) electrons. The van der Waals surface area contributed by atoms with Gasteiger partial charge in [0.25, 0.3) is 0 Å². The fourth-order valence-corrected chi connectivity index (χ4v) is 1.54. The number of aliphatic carboxylic acids is 1. The van der Waals surface area contributed by atoms with Crippen LogP contribution >= 0.6 is 0 Å². The van der Waals surface area contributed by atoms with Crippen LogP contribution in [0.2, 0.25) is 0 Å². The standard InChI is InChI=1S/C15H24O6.H3N/c1-2-8-14(18)20-11-6-7-12-21-15(19)10-5-3-4-9-13(16)17;/h2,8H,3-7,9-12H2,1H3,(H,16,17);1H3. The molecule has 0 bridgehead atoms. The highest BCUT2D eigenvalue weighted by molar-refractivity contribution is 5.81. The summed E-state index contributed by atoms with van der Waals surface area (Å²) in [5.74, 6) is -1.44. The molecule has 0 saturated carbocycles. The predicted octanol–water partition coefficient (Wildman–Crippen LogP) is 2.63. The van der Waals surface area contributed by atoms with Gasteiger partial charge in [0.05, 0.1) is 13.2 Å². The number of rotatable bonds is 12. The van der Waals surface area contributed by atoms with E-state index in [4.69, 9.17) is 14.6 Å². The second kappa shape index (κ2) is 15.5. The highest BCUT2D eigenvalue weighted by Gasteiger charge is 2.03. The third-order valence-corrected chi connectivity index (χ3v) is 2.62. The molecule has 0 atom stereocenters. The van der Waals surface area contributed by atoms with Crippen LogP contribution in [0.25, 0.3) is 0 Å². The fourth-order valence-electron chi connectivity index (χ4n) is 1.54. The fraction of sp³-hybridized carbons (Fsp3) is 0.667. The SMILES string of the molecule is CC=CC(=O)OCCCCOC(=O)CCCCCC(=O)O.N. The zero-order chi connectivity index (χ0) is 15.9. The molecule has 22 heavy (non-hydrogen) atoms. The van der Waals surface area contributed by atoms with E-state index in [9.17, 15) is 14.4 Å². The van der Waals surface area contributed by atoms with Crippen molar-refractivity contribution in [2.24, 2.45) is 0 Å². The zero-order valence-corrected chi connectivity index (χ0v) is 13.2. The van der Waals surface area contributed by atoms with Crippen LogP contribution in [0.4, 0.5) is 0 Å². The smallest absolute Gasteiger partial charge is 0.330 e. The quantitative estimate of drug-likeness (QED) is 0.322. The van der Waals surface area contributed by atoms with Gasteiger partial charge in [-0.3, -0.25) is 9.59 Å². The van der Waals surface area contributed by atoms with Gasteiger partial charge in [-0.25, -0.2) is 4.79 Å². The summed E-state index contributed by atoms with van der Waals surface area (Å²) in [6.45, 7) is 2.37. The maximum Gasteiger partial charge on any atom is 0.330 e. The van der Waals surface area contributed by atoms with E-state index in [1.54, 1.807) is 13.0 Å². The van der Waals surface area contributed by atoms with E-state index in [0.717, 1.165) is 0 Å². The lowest BCUT2D eigenvalue weighted by Gasteiger charge is -2.05. The number of carboxylic acids is 1. The number of carbonyl (C=O) groups is 3. The van der Waals surface area contributed by atoms with Gasteiger partial charge in [0.2, 0.25) is 0 Å². The van der Waals surface area contributed by atoms with Crippen molar-refractivity contribution < 1.29 is 29.0 Å². The molecule has 128 valence electrons. The third-order valence-electron chi connectivity index (χ3n) is 2.62. The summed E-state index contributed by atoms with van der Waals surface area (Å²) in [6, 6.07) is 0. The Morgan fingerprint density at radius 3 is 2.09 bits per heavy atom. The minimum atomic E-state index is -0.812. The number of carbonyl (C=O) groups excluding carboxylic acids is 2. The molecule has 0 aromatic rings. The number of hydrogen-bond acceptors (Lipinski definition) is 6. The van der Waals surface area contributed by atoms with Crippen LogP contribution in [0.1, 0.15) is 51.9 Å². The molecule has 0 heterocycles. The molecule has 0 spiro atoms. The van der Waals surface area contributed by atoms with Crippen molar-refractivity contribution in [2.45, 2.75) is 51.9 Å². The molecule has 0 saturated heterocycles. The maximum atomic E-state index is 11.3. The van der Waals surface area contributed by atoms with Gasteiger partial charge in [0.15, 0.2) is 0 Å². The first-order chi connectivity index (χ1) is 10.1. The van der Waals surface area contributed by atoms with Gasteiger partial charge in [-0.2, -0.15) is 0 Å². The molecule has 0 amide bonds. The number of esters is 2. The molecule has 0 aliphatic carbocycles. The van der Waals surface area contributed by atoms with E-state index in [1.807, 2.05) is 0 Å². The molecule has 0 rings (SSSR count). The van der Waals surface area contributed by atoms with Gasteiger partial charge in [0, 0.05) is 18.9 Å². The van der Waals surface area contributed by atoms with Gasteiger partial charge in [-0.15, -0.1) is 0 Å². The van der Waals surface area contributed by atoms with Crippen LogP contribution in [0, 0.1) is 0 Å². The van der Waals surface area contributed by atoms with Crippen LogP contribution in [0.5, 0.6) is 0 Å². The number of ether oxygens (including phenoxy) is 2. The maximum absolute atomic E-state index is 11.3. The second-order valence-corrected chi connectivity index (χ2v) is 4.55. The molecule has 0 aliphatic rings. The van der Waals surface area contributed by atoms with E-state index in [2.05, 4.69) is 0 Å². The molecular weight excluding hydrogens is 290 g/mol. The first-order valence-corrected chi connectivity index (χ1v) is 7.23. The minimum Gasteiger partial charge on any atom is -0.481 e. The molecule has 0 aromatic heterocycles. The first-order valence-electron chi connectivity index (χ1n) is 7.23. The largest absolute Gasteiger partial charge is 0.481 e. The summed E-state index contributed by atoms with van der Waals surface area (Å²) in [6.07, 6.45) is 6.65. The monoisotopic (exact) mass is 317 g/mol. The van der Waals surface area contributed by atoms with Crippen LogP contribution in [-0.4, -0.2) is 36.2 Å². The Kier molecular flexibility index (Phi) is 15.8. The Morgan fingerprint density at radius 2 is 1.50 bits per heavy atom. The normalized spacial score (nSPS) is 10.0. The lowest BCUT2D eigenvalue weighted by Crippen LogP contribution is -2.07. The Morgan fingerprint density at radius 1 is 0.909 bits per heavy atom. The van der Waals surface area contributed by atoms with Crippen LogP contribution in [-0.2, 0) is 23.9 Å². The van der Waals surface area contributed by atoms with E-state index < -0.39 is 5.97 Å². The van der Waals surface area contributed by atoms with Gasteiger partial charge >= 0.3 is 17.9 Å². The molecule has 0 fully saturated rings. The van der Waals surface area contributed by atoms with Crippen molar-refractivity contribution in [3.8, 4) is 0 Å². The third kappa shape index (κ3) is 16.2. The predicted molar refractivity (Wildman–Crippen MR) is 81.7 cm³/mol. The molecule has 0 aromatic carbocycles. The number of allylic oxidation sites excluding steroid dienone is 1. The molecule has 0 aliphatic heterocycles. The molecule has 0 unspecified atom stereocenters. The average Bonchev–Trinajstić information content (AvgIpc) is 2.42. The minimum absolute atomic E-state index is 0. The van der Waals surface area contributed by atoms with E-state index >= 15 is 0 Å². The van der Waals surface area contributed by atoms with Gasteiger partial charge in [-0.05, 0) is 32.6 Å². The second-order valence-electron chi connectivity index (χ2n) is 4.55. The van der Waals surface area contributed by atoms with Crippen molar-refractivity contribution in [1.82, 2.24) is 6.15 Å². The number of hydrogen-bond donors (Lipinski definition) is 2. The van der Waals surface area contributed by atoms with Crippen LogP contribution < -0.4 is 6.15 Å². The van der Waals surface area contributed by atoms with Gasteiger partial charge in [-0.1, -0.05) is 12.5 Å². The summed E-state index contributed by atoms with van der Waals surface area (Å²) in [5.41, 5.74) is 0. The lowest BCUT2D eigenvalue weighted by atomic mass is 10.1. The summed E-state index contributed by atoms with van der Waals surface area (Å²) < 4.78 is 9.90. The van der Waals surface area contributed by atoms with Crippen LogP contribution in [0.15, 0.2) is 12.2 Å². The van der Waals surface area contributed by atoms with E-state index in [1.165, 1.54) is 6.08 Å². The average molecular weight is 317 g/mol. The summed E-state index contributed by atoms with van der Waals surface area (Å²) in [7, 11) is 0. The highest BCUT2D eigenvalue weighted by atomic mass is 16.5. The van der Waals surface area contributed by atoms with Crippen molar-refractivity contribution in [2.75, 3.05) is 13.2 Å². The van der Waals surface area contributed by atoms with Crippen molar-refractivity contribution in [3.05, 3.63) is 12.2 Å². The zero-order valence-electron chi connectivity index (χ0n) is 13.2. The molecule has 7 heteroatoms. The van der Waals surface area contributed by atoms with Crippen molar-refractivity contribution in [3.63, 3.8) is 0 Å². The number of carboxylic acid groups (broad SMARTS) is 1. The van der Waals surface area contributed by atoms with Crippen molar-refractivity contribution in [1.29, 1.82) is 0 Å². The van der Waals surface area contributed by atoms with Crippen molar-refractivity contribution >= 4 is 17.9 Å². The molecule has 4 N–H and O–H groups in total. The van der Waals surface area contributed by atoms with E-state index in [0.29, 0.717) is 51.7 Å². The first kappa shape index (κ1) is 22.4. The Hall–Kier alpha value is -1.89. The summed E-state index contributed by atoms with van der Waals surface area (Å²) in [4.78, 5) is 32.6. The highest BCUT2D eigenvalue weighted by Crippen LogP contribution is 2.04. The molecular formula is C15H27NO6. The topological polar surface area (TPSA) is 125 Å². The van der Waals surface area contributed by atoms with Crippen LogP contribution in [0.3, 0.4) is 0 Å². The Labute approximate surface area is 131 Å². The summed E-state index contributed by atoms with van der Waals surface area (Å²) >= 11 is 0.